The second-order valence-corrected chi connectivity index (χ2v) is 9.68. The molecule has 0 aliphatic carbocycles. The number of aromatic nitrogens is 2. The second-order valence-electron chi connectivity index (χ2n) is 8.74. The number of carbonyl (C=O) groups excluding carboxylic acids is 2. The van der Waals surface area contributed by atoms with Crippen LogP contribution in [0.3, 0.4) is 0 Å². The minimum absolute atomic E-state index is 0.0675. The van der Waals surface area contributed by atoms with Gasteiger partial charge < -0.3 is 24.7 Å². The van der Waals surface area contributed by atoms with Crippen LogP contribution >= 0.6 is 11.8 Å². The smallest absolute Gasteiger partial charge is 0.244 e. The Balaban J connectivity index is 1.34. The van der Waals surface area contributed by atoms with E-state index in [9.17, 15) is 14.0 Å². The molecule has 2 N–H and O–H groups in total. The third-order valence-corrected chi connectivity index (χ3v) is 6.99. The van der Waals surface area contributed by atoms with Gasteiger partial charge in [0, 0.05) is 17.4 Å². The first-order valence-electron chi connectivity index (χ1n) is 11.9. The van der Waals surface area contributed by atoms with Crippen LogP contribution in [-0.4, -0.2) is 33.9 Å². The van der Waals surface area contributed by atoms with Crippen molar-refractivity contribution in [3.05, 3.63) is 83.8 Å². The molecule has 2 heterocycles. The molecule has 0 radical (unpaired) electrons. The fourth-order valence-corrected chi connectivity index (χ4v) is 4.89. The number of para-hydroxylation sites is 1. The van der Waals surface area contributed by atoms with Crippen LogP contribution in [0.25, 0.3) is 11.3 Å². The van der Waals surface area contributed by atoms with Crippen molar-refractivity contribution in [3.8, 4) is 22.8 Å². The Morgan fingerprint density at radius 2 is 1.71 bits per heavy atom. The van der Waals surface area contributed by atoms with Crippen molar-refractivity contribution in [2.45, 2.75) is 25.5 Å². The van der Waals surface area contributed by atoms with Crippen LogP contribution < -0.4 is 20.1 Å². The summed E-state index contributed by atoms with van der Waals surface area (Å²) >= 11 is 1.22. The Hall–Kier alpha value is -4.31. The van der Waals surface area contributed by atoms with Crippen molar-refractivity contribution in [2.24, 2.45) is 0 Å². The standard InChI is InChI=1S/C28H25FN4O4S/c1-17-4-3-5-18(2)27(17)32-26(35)15-38-28-30-13-22(19-6-8-20(29)9-7-19)33(28)14-25(34)31-21-10-11-23-24(12-21)37-16-36-23/h3-13H,14-16H2,1-2H3,(H,31,34)(H,32,35). The molecule has 8 nitrogen and oxygen atoms in total. The van der Waals surface area contributed by atoms with Gasteiger partial charge in [-0.1, -0.05) is 30.0 Å². The van der Waals surface area contributed by atoms with Crippen molar-refractivity contribution in [1.82, 2.24) is 9.55 Å². The number of hydrogen-bond donors (Lipinski definition) is 2. The topological polar surface area (TPSA) is 94.5 Å². The van der Waals surface area contributed by atoms with Crippen molar-refractivity contribution in [3.63, 3.8) is 0 Å². The predicted octanol–water partition coefficient (Wildman–Crippen LogP) is 5.40. The highest BCUT2D eigenvalue weighted by atomic mass is 32.2. The molecule has 0 fully saturated rings. The third-order valence-electron chi connectivity index (χ3n) is 5.99. The maximum absolute atomic E-state index is 13.5. The van der Waals surface area contributed by atoms with E-state index in [4.69, 9.17) is 9.47 Å². The van der Waals surface area contributed by atoms with Crippen LogP contribution in [0.5, 0.6) is 11.5 Å². The molecular weight excluding hydrogens is 507 g/mol. The quantitative estimate of drug-likeness (QED) is 0.295. The van der Waals surface area contributed by atoms with Gasteiger partial charge in [-0.3, -0.25) is 9.59 Å². The fourth-order valence-electron chi connectivity index (χ4n) is 4.11. The summed E-state index contributed by atoms with van der Waals surface area (Å²) in [5, 5.41) is 6.32. The molecule has 0 saturated heterocycles. The molecule has 1 aromatic heterocycles. The molecule has 5 rings (SSSR count). The number of ether oxygens (including phenoxy) is 2. The van der Waals surface area contributed by atoms with Gasteiger partial charge in [0.15, 0.2) is 16.7 Å². The average molecular weight is 533 g/mol. The maximum Gasteiger partial charge on any atom is 0.244 e. The van der Waals surface area contributed by atoms with Gasteiger partial charge in [0.1, 0.15) is 12.4 Å². The highest BCUT2D eigenvalue weighted by molar-refractivity contribution is 7.99. The number of nitrogens with one attached hydrogen (secondary N) is 2. The number of thioether (sulfide) groups is 1. The van der Waals surface area contributed by atoms with E-state index >= 15 is 0 Å². The molecule has 4 aromatic rings. The van der Waals surface area contributed by atoms with Crippen LogP contribution in [0.2, 0.25) is 0 Å². The largest absolute Gasteiger partial charge is 0.454 e. The van der Waals surface area contributed by atoms with E-state index in [1.165, 1.54) is 23.9 Å². The highest BCUT2D eigenvalue weighted by Crippen LogP contribution is 2.34. The first-order valence-corrected chi connectivity index (χ1v) is 12.9. The summed E-state index contributed by atoms with van der Waals surface area (Å²) in [5.74, 6) is 0.426. The van der Waals surface area contributed by atoms with Gasteiger partial charge in [0.05, 0.1) is 17.6 Å². The molecule has 194 valence electrons. The van der Waals surface area contributed by atoms with Crippen molar-refractivity contribution < 1.29 is 23.5 Å². The number of carbonyl (C=O) groups is 2. The summed E-state index contributed by atoms with van der Waals surface area (Å²) in [5.41, 5.74) is 4.62. The average Bonchev–Trinajstić information content (AvgIpc) is 3.52. The summed E-state index contributed by atoms with van der Waals surface area (Å²) in [6.45, 7) is 3.95. The first-order chi connectivity index (χ1) is 18.4. The van der Waals surface area contributed by atoms with Gasteiger partial charge in [-0.05, 0) is 66.9 Å². The molecule has 38 heavy (non-hydrogen) atoms. The predicted molar refractivity (Wildman–Crippen MR) is 144 cm³/mol. The van der Waals surface area contributed by atoms with Gasteiger partial charge >= 0.3 is 0 Å². The number of imidazole rings is 1. The Labute approximate surface area is 223 Å². The molecule has 0 bridgehead atoms. The summed E-state index contributed by atoms with van der Waals surface area (Å²) < 4.78 is 26.0. The van der Waals surface area contributed by atoms with E-state index in [0.717, 1.165) is 16.8 Å². The van der Waals surface area contributed by atoms with E-state index in [1.807, 2.05) is 32.0 Å². The van der Waals surface area contributed by atoms with Crippen LogP contribution in [0.15, 0.2) is 72.0 Å². The van der Waals surface area contributed by atoms with Gasteiger partial charge in [0.2, 0.25) is 18.6 Å². The Bertz CT molecular complexity index is 1480. The van der Waals surface area contributed by atoms with E-state index in [-0.39, 0.29) is 36.7 Å². The minimum atomic E-state index is -0.363. The third kappa shape index (κ3) is 5.65. The van der Waals surface area contributed by atoms with E-state index < -0.39 is 0 Å². The van der Waals surface area contributed by atoms with Crippen LogP contribution in [0, 0.1) is 19.7 Å². The zero-order valence-electron chi connectivity index (χ0n) is 20.8. The summed E-state index contributed by atoms with van der Waals surface area (Å²) in [6, 6.07) is 16.9. The number of anilines is 2. The normalized spacial score (nSPS) is 11.9. The Kier molecular flexibility index (Phi) is 7.32. The lowest BCUT2D eigenvalue weighted by Crippen LogP contribution is -2.20. The van der Waals surface area contributed by atoms with Gasteiger partial charge in [-0.2, -0.15) is 0 Å². The molecule has 2 amide bonds. The Morgan fingerprint density at radius 1 is 0.974 bits per heavy atom. The van der Waals surface area contributed by atoms with E-state index in [1.54, 1.807) is 41.1 Å². The molecule has 10 heteroatoms. The minimum Gasteiger partial charge on any atom is -0.454 e. The lowest BCUT2D eigenvalue weighted by Gasteiger charge is -2.14. The number of halogens is 1. The van der Waals surface area contributed by atoms with Gasteiger partial charge in [-0.25, -0.2) is 9.37 Å². The Morgan fingerprint density at radius 3 is 2.47 bits per heavy atom. The fraction of sp³-hybridized carbons (Fsp3) is 0.179. The number of rotatable bonds is 8. The molecule has 0 atom stereocenters. The molecular formula is C28H25FN4O4S. The maximum atomic E-state index is 13.5. The highest BCUT2D eigenvalue weighted by Gasteiger charge is 2.19. The lowest BCUT2D eigenvalue weighted by atomic mass is 10.1. The SMILES string of the molecule is Cc1cccc(C)c1NC(=O)CSc1ncc(-c2ccc(F)cc2)n1CC(=O)Nc1ccc2c(c1)OCO2. The second kappa shape index (κ2) is 11.0. The van der Waals surface area contributed by atoms with Gasteiger partial charge in [-0.15, -0.1) is 0 Å². The first kappa shape index (κ1) is 25.3. The molecule has 1 aliphatic rings. The summed E-state index contributed by atoms with van der Waals surface area (Å²) in [6.07, 6.45) is 1.62. The molecule has 0 unspecified atom stereocenters. The molecule has 0 saturated carbocycles. The molecule has 0 spiro atoms. The van der Waals surface area contributed by atoms with Crippen molar-refractivity contribution >= 4 is 35.0 Å². The summed E-state index contributed by atoms with van der Waals surface area (Å²) in [7, 11) is 0. The number of nitrogens with zero attached hydrogens (tertiary/aromatic N) is 2. The monoisotopic (exact) mass is 532 g/mol. The lowest BCUT2D eigenvalue weighted by molar-refractivity contribution is -0.117. The zero-order chi connectivity index (χ0) is 26.6. The van der Waals surface area contributed by atoms with Crippen LogP contribution in [0.4, 0.5) is 15.8 Å². The summed E-state index contributed by atoms with van der Waals surface area (Å²) in [4.78, 5) is 30.3. The molecule has 3 aromatic carbocycles. The zero-order valence-corrected chi connectivity index (χ0v) is 21.6. The van der Waals surface area contributed by atoms with Crippen molar-refractivity contribution in [2.75, 3.05) is 23.2 Å². The van der Waals surface area contributed by atoms with Crippen LogP contribution in [-0.2, 0) is 16.1 Å². The number of amides is 2. The van der Waals surface area contributed by atoms with E-state index in [0.29, 0.717) is 33.6 Å². The molecule has 1 aliphatic heterocycles. The van der Waals surface area contributed by atoms with Gasteiger partial charge in [0.25, 0.3) is 0 Å². The van der Waals surface area contributed by atoms with Crippen molar-refractivity contribution in [1.29, 1.82) is 0 Å². The van der Waals surface area contributed by atoms with E-state index in [2.05, 4.69) is 15.6 Å². The number of aryl methyl sites for hydroxylation is 2. The van der Waals surface area contributed by atoms with Crippen LogP contribution in [0.1, 0.15) is 11.1 Å². The number of benzene rings is 3. The number of hydrogen-bond acceptors (Lipinski definition) is 6. The number of fused-ring (bicyclic) bond motifs is 1.